The Hall–Kier alpha value is -1.83. The second kappa shape index (κ2) is 6.93. The zero-order valence-corrected chi connectivity index (χ0v) is 10.5. The molecule has 1 aliphatic rings. The van der Waals surface area contributed by atoms with E-state index in [1.54, 1.807) is 0 Å². The number of amides is 3. The van der Waals surface area contributed by atoms with E-state index < -0.39 is 30.4 Å². The summed E-state index contributed by atoms with van der Waals surface area (Å²) in [6.07, 6.45) is 1.15. The van der Waals surface area contributed by atoms with Crippen molar-refractivity contribution in [3.8, 4) is 0 Å². The third-order valence-electron chi connectivity index (χ3n) is 3.07. The molecular weight excluding hydrogens is 254 g/mol. The Morgan fingerprint density at radius 3 is 2.63 bits per heavy atom. The maximum Gasteiger partial charge on any atom is 0.326 e. The Morgan fingerprint density at radius 1 is 1.42 bits per heavy atom. The number of hydrogen-bond donors (Lipinski definition) is 4. The molecule has 19 heavy (non-hydrogen) atoms. The van der Waals surface area contributed by atoms with Crippen LogP contribution in [0.4, 0.5) is 4.79 Å². The number of carboxylic acids is 1. The van der Waals surface area contributed by atoms with Crippen molar-refractivity contribution < 1.29 is 24.6 Å². The molecule has 0 saturated carbocycles. The topological polar surface area (TPSA) is 133 Å². The summed E-state index contributed by atoms with van der Waals surface area (Å²) < 4.78 is 0. The second-order valence-electron chi connectivity index (χ2n) is 4.65. The second-order valence-corrected chi connectivity index (χ2v) is 4.65. The van der Waals surface area contributed by atoms with Crippen LogP contribution in [0, 0.1) is 5.92 Å². The van der Waals surface area contributed by atoms with Crippen LogP contribution in [0.15, 0.2) is 0 Å². The molecule has 0 spiro atoms. The Balaban J connectivity index is 2.56. The molecule has 0 aromatic rings. The highest BCUT2D eigenvalue weighted by Crippen LogP contribution is 2.15. The molecule has 0 bridgehead atoms. The van der Waals surface area contributed by atoms with Gasteiger partial charge in [0.1, 0.15) is 6.04 Å². The molecule has 1 fully saturated rings. The van der Waals surface area contributed by atoms with Gasteiger partial charge in [0.2, 0.25) is 5.91 Å². The average Bonchev–Trinajstić information content (AvgIpc) is 2.37. The van der Waals surface area contributed by atoms with E-state index in [2.05, 4.69) is 5.32 Å². The zero-order chi connectivity index (χ0) is 14.4. The minimum Gasteiger partial charge on any atom is -0.480 e. The number of likely N-dealkylation sites (tertiary alicyclic amines) is 1. The van der Waals surface area contributed by atoms with Gasteiger partial charge in [0.25, 0.3) is 0 Å². The fourth-order valence-electron chi connectivity index (χ4n) is 2.04. The lowest BCUT2D eigenvalue weighted by atomic mass is 9.99. The van der Waals surface area contributed by atoms with Crippen LogP contribution < -0.4 is 11.1 Å². The number of piperidine rings is 1. The standard InChI is InChI=1S/C11H19N3O5/c12-9(16)4-8(10(17)18)13-11(19)14-3-1-2-7(5-14)6-15/h7-8,15H,1-6H2,(H2,12,16)(H,13,19)(H,17,18). The molecule has 0 radical (unpaired) electrons. The number of hydrogen-bond acceptors (Lipinski definition) is 4. The van der Waals surface area contributed by atoms with E-state index >= 15 is 0 Å². The van der Waals surface area contributed by atoms with Crippen molar-refractivity contribution >= 4 is 17.9 Å². The van der Waals surface area contributed by atoms with Gasteiger partial charge in [0.15, 0.2) is 0 Å². The molecule has 0 aromatic carbocycles. The first-order valence-corrected chi connectivity index (χ1v) is 6.11. The van der Waals surface area contributed by atoms with Crippen molar-refractivity contribution in [2.24, 2.45) is 11.7 Å². The molecule has 5 N–H and O–H groups in total. The Labute approximate surface area is 110 Å². The number of nitrogens with zero attached hydrogens (tertiary/aromatic N) is 1. The highest BCUT2D eigenvalue weighted by molar-refractivity contribution is 5.87. The average molecular weight is 273 g/mol. The number of carboxylic acid groups (broad SMARTS) is 1. The van der Waals surface area contributed by atoms with Gasteiger partial charge in [-0.05, 0) is 18.8 Å². The number of urea groups is 1. The Kier molecular flexibility index (Phi) is 5.56. The molecule has 3 amide bonds. The summed E-state index contributed by atoms with van der Waals surface area (Å²) in [6, 6.07) is -1.87. The number of primary amides is 1. The number of carbonyl (C=O) groups is 3. The van der Waals surface area contributed by atoms with Crippen molar-refractivity contribution in [3.05, 3.63) is 0 Å². The minimum atomic E-state index is -1.32. The van der Waals surface area contributed by atoms with Crippen LogP contribution in [0.3, 0.4) is 0 Å². The quantitative estimate of drug-likeness (QED) is 0.495. The van der Waals surface area contributed by atoms with Crippen LogP contribution in [-0.4, -0.2) is 58.8 Å². The van der Waals surface area contributed by atoms with Gasteiger partial charge in [-0.1, -0.05) is 0 Å². The Morgan fingerprint density at radius 2 is 2.11 bits per heavy atom. The van der Waals surface area contributed by atoms with Crippen molar-refractivity contribution in [3.63, 3.8) is 0 Å². The first kappa shape index (κ1) is 15.2. The maximum atomic E-state index is 11.9. The largest absolute Gasteiger partial charge is 0.480 e. The maximum absolute atomic E-state index is 11.9. The summed E-state index contributed by atoms with van der Waals surface area (Å²) in [5, 5.41) is 20.2. The van der Waals surface area contributed by atoms with E-state index in [4.69, 9.17) is 15.9 Å². The van der Waals surface area contributed by atoms with Crippen molar-refractivity contribution in [1.82, 2.24) is 10.2 Å². The number of aliphatic carboxylic acids is 1. The number of carbonyl (C=O) groups excluding carboxylic acids is 2. The van der Waals surface area contributed by atoms with Gasteiger partial charge in [0.05, 0.1) is 6.42 Å². The fraction of sp³-hybridized carbons (Fsp3) is 0.727. The molecule has 2 atom stereocenters. The molecule has 1 saturated heterocycles. The molecule has 1 aliphatic heterocycles. The predicted molar refractivity (Wildman–Crippen MR) is 65.1 cm³/mol. The highest BCUT2D eigenvalue weighted by atomic mass is 16.4. The normalized spacial score (nSPS) is 20.7. The first-order valence-electron chi connectivity index (χ1n) is 6.11. The molecule has 1 heterocycles. The SMILES string of the molecule is NC(=O)CC(NC(=O)N1CCCC(CO)C1)C(=O)O. The highest BCUT2D eigenvalue weighted by Gasteiger charge is 2.27. The van der Waals surface area contributed by atoms with E-state index in [1.165, 1.54) is 4.90 Å². The van der Waals surface area contributed by atoms with Crippen molar-refractivity contribution in [2.75, 3.05) is 19.7 Å². The summed E-state index contributed by atoms with van der Waals surface area (Å²) in [4.78, 5) is 34.9. The van der Waals surface area contributed by atoms with E-state index in [1.807, 2.05) is 0 Å². The predicted octanol–water partition coefficient (Wildman–Crippen LogP) is -1.27. The summed E-state index contributed by atoms with van der Waals surface area (Å²) in [5.74, 6) is -2.08. The molecular formula is C11H19N3O5. The zero-order valence-electron chi connectivity index (χ0n) is 10.5. The summed E-state index contributed by atoms with van der Waals surface area (Å²) in [6.45, 7) is 0.879. The van der Waals surface area contributed by atoms with E-state index in [0.29, 0.717) is 13.1 Å². The molecule has 8 heteroatoms. The number of nitrogens with one attached hydrogen (secondary N) is 1. The van der Waals surface area contributed by atoms with E-state index in [-0.39, 0.29) is 12.5 Å². The van der Waals surface area contributed by atoms with Crippen molar-refractivity contribution in [1.29, 1.82) is 0 Å². The smallest absolute Gasteiger partial charge is 0.326 e. The summed E-state index contributed by atoms with van der Waals surface area (Å²) in [7, 11) is 0. The van der Waals surface area contributed by atoms with Gasteiger partial charge in [-0.15, -0.1) is 0 Å². The molecule has 0 aliphatic carbocycles. The van der Waals surface area contributed by atoms with Crippen LogP contribution in [0.25, 0.3) is 0 Å². The lowest BCUT2D eigenvalue weighted by Gasteiger charge is -2.32. The van der Waals surface area contributed by atoms with E-state index in [0.717, 1.165) is 12.8 Å². The van der Waals surface area contributed by atoms with Gasteiger partial charge in [0, 0.05) is 19.7 Å². The van der Waals surface area contributed by atoms with Crippen molar-refractivity contribution in [2.45, 2.75) is 25.3 Å². The fourth-order valence-corrected chi connectivity index (χ4v) is 2.04. The Bertz CT molecular complexity index is 360. The van der Waals surface area contributed by atoms with Crippen LogP contribution in [0.2, 0.25) is 0 Å². The molecule has 8 nitrogen and oxygen atoms in total. The molecule has 0 aromatic heterocycles. The van der Waals surface area contributed by atoms with Gasteiger partial charge in [-0.25, -0.2) is 9.59 Å². The van der Waals surface area contributed by atoms with Crippen LogP contribution in [-0.2, 0) is 9.59 Å². The minimum absolute atomic E-state index is 0.00652. The molecule has 108 valence electrons. The van der Waals surface area contributed by atoms with Gasteiger partial charge < -0.3 is 26.2 Å². The van der Waals surface area contributed by atoms with Crippen LogP contribution in [0.1, 0.15) is 19.3 Å². The van der Waals surface area contributed by atoms with Gasteiger partial charge in [-0.2, -0.15) is 0 Å². The van der Waals surface area contributed by atoms with Gasteiger partial charge >= 0.3 is 12.0 Å². The van der Waals surface area contributed by atoms with Crippen LogP contribution >= 0.6 is 0 Å². The molecule has 1 rings (SSSR count). The number of aliphatic hydroxyl groups is 1. The molecule has 2 unspecified atom stereocenters. The summed E-state index contributed by atoms with van der Waals surface area (Å²) in [5.41, 5.74) is 4.93. The number of aliphatic hydroxyl groups excluding tert-OH is 1. The van der Waals surface area contributed by atoms with Gasteiger partial charge in [-0.3, -0.25) is 4.79 Å². The third kappa shape index (κ3) is 4.74. The lowest BCUT2D eigenvalue weighted by Crippen LogP contribution is -2.52. The number of nitrogens with two attached hydrogens (primary N) is 1. The summed E-state index contributed by atoms with van der Waals surface area (Å²) >= 11 is 0. The van der Waals surface area contributed by atoms with Crippen LogP contribution in [0.5, 0.6) is 0 Å². The lowest BCUT2D eigenvalue weighted by molar-refractivity contribution is -0.141. The third-order valence-corrected chi connectivity index (χ3v) is 3.07. The van der Waals surface area contributed by atoms with E-state index in [9.17, 15) is 14.4 Å². The number of rotatable bonds is 5. The first-order chi connectivity index (χ1) is 8.93. The monoisotopic (exact) mass is 273 g/mol.